The zero-order valence-corrected chi connectivity index (χ0v) is 10.7. The molecule has 0 unspecified atom stereocenters. The quantitative estimate of drug-likeness (QED) is 0.836. The van der Waals surface area contributed by atoms with Gasteiger partial charge in [0.05, 0.1) is 7.11 Å². The first-order chi connectivity index (χ1) is 8.61. The molecule has 0 saturated heterocycles. The third-order valence-electron chi connectivity index (χ3n) is 3.13. The van der Waals surface area contributed by atoms with Crippen LogP contribution in [-0.4, -0.2) is 24.1 Å². The van der Waals surface area contributed by atoms with Gasteiger partial charge >= 0.3 is 0 Å². The second-order valence-electron chi connectivity index (χ2n) is 4.59. The molecule has 5 nitrogen and oxygen atoms in total. The van der Waals surface area contributed by atoms with Gasteiger partial charge in [0, 0.05) is 30.8 Å². The number of hydrogen-bond donors (Lipinski definition) is 1. The molecular formula is C13H18N2O3. The van der Waals surface area contributed by atoms with E-state index in [9.17, 15) is 9.59 Å². The molecule has 1 aliphatic rings. The van der Waals surface area contributed by atoms with Gasteiger partial charge in [-0.15, -0.1) is 0 Å². The lowest BCUT2D eigenvalue weighted by Crippen LogP contribution is -2.32. The van der Waals surface area contributed by atoms with Crippen molar-refractivity contribution in [2.45, 2.75) is 26.3 Å². The van der Waals surface area contributed by atoms with Crippen molar-refractivity contribution in [2.24, 2.45) is 5.92 Å². The number of amides is 1. The van der Waals surface area contributed by atoms with Gasteiger partial charge in [-0.05, 0) is 25.8 Å². The average molecular weight is 250 g/mol. The van der Waals surface area contributed by atoms with Crippen LogP contribution in [0.3, 0.4) is 0 Å². The van der Waals surface area contributed by atoms with Crippen LogP contribution in [0.5, 0.6) is 5.75 Å². The summed E-state index contributed by atoms with van der Waals surface area (Å²) < 4.78 is 6.66. The van der Waals surface area contributed by atoms with Crippen molar-refractivity contribution in [3.63, 3.8) is 0 Å². The Morgan fingerprint density at radius 3 is 2.78 bits per heavy atom. The molecule has 0 bridgehead atoms. The highest BCUT2D eigenvalue weighted by atomic mass is 16.5. The first-order valence-electron chi connectivity index (χ1n) is 6.15. The summed E-state index contributed by atoms with van der Waals surface area (Å²) in [6.07, 6.45) is 1.99. The lowest BCUT2D eigenvalue weighted by Gasteiger charge is -2.11. The van der Waals surface area contributed by atoms with Gasteiger partial charge in [-0.25, -0.2) is 0 Å². The maximum atomic E-state index is 11.8. The predicted molar refractivity (Wildman–Crippen MR) is 67.7 cm³/mol. The van der Waals surface area contributed by atoms with Crippen LogP contribution in [0.1, 0.15) is 18.5 Å². The summed E-state index contributed by atoms with van der Waals surface area (Å²) in [7, 11) is 1.54. The largest absolute Gasteiger partial charge is 0.496 e. The van der Waals surface area contributed by atoms with Gasteiger partial charge < -0.3 is 14.6 Å². The van der Waals surface area contributed by atoms with Crippen LogP contribution in [0.2, 0.25) is 0 Å². The molecular weight excluding hydrogens is 232 g/mol. The first kappa shape index (κ1) is 12.7. The molecule has 18 heavy (non-hydrogen) atoms. The Bertz CT molecular complexity index is 503. The number of pyridine rings is 1. The molecule has 1 aliphatic carbocycles. The normalized spacial score (nSPS) is 14.3. The average Bonchev–Trinajstić information content (AvgIpc) is 3.16. The number of nitrogens with one attached hydrogen (secondary N) is 1. The second-order valence-corrected chi connectivity index (χ2v) is 4.59. The lowest BCUT2D eigenvalue weighted by atomic mass is 10.3. The highest BCUT2D eigenvalue weighted by Crippen LogP contribution is 2.28. The third-order valence-corrected chi connectivity index (χ3v) is 3.13. The van der Waals surface area contributed by atoms with E-state index in [1.807, 2.05) is 13.0 Å². The Morgan fingerprint density at radius 2 is 2.22 bits per heavy atom. The van der Waals surface area contributed by atoms with E-state index >= 15 is 0 Å². The minimum absolute atomic E-state index is 0.104. The van der Waals surface area contributed by atoms with Crippen LogP contribution in [-0.2, 0) is 11.3 Å². The van der Waals surface area contributed by atoms with Gasteiger partial charge in [0.15, 0.2) is 0 Å². The van der Waals surface area contributed by atoms with Crippen molar-refractivity contribution < 1.29 is 9.53 Å². The number of nitrogens with zero attached hydrogens (tertiary/aromatic N) is 1. The topological polar surface area (TPSA) is 60.3 Å². The number of aryl methyl sites for hydroxylation is 1. The maximum absolute atomic E-state index is 11.8. The van der Waals surface area contributed by atoms with Crippen LogP contribution >= 0.6 is 0 Å². The van der Waals surface area contributed by atoms with Gasteiger partial charge in [0.25, 0.3) is 5.56 Å². The minimum Gasteiger partial charge on any atom is -0.496 e. The molecule has 0 aliphatic heterocycles. The summed E-state index contributed by atoms with van der Waals surface area (Å²) >= 11 is 0. The molecule has 0 spiro atoms. The van der Waals surface area contributed by atoms with Crippen molar-refractivity contribution in [2.75, 3.05) is 13.7 Å². The standard InChI is InChI=1S/C13H18N2O3/c1-9-7-11(18-2)8-12(16)15(9)6-5-14-13(17)10-3-4-10/h7-8,10H,3-6H2,1-2H3,(H,14,17). The molecule has 5 heteroatoms. The summed E-state index contributed by atoms with van der Waals surface area (Å²) in [5.74, 6) is 0.878. The van der Waals surface area contributed by atoms with Crippen LogP contribution in [0.25, 0.3) is 0 Å². The molecule has 1 N–H and O–H groups in total. The zero-order chi connectivity index (χ0) is 13.1. The van der Waals surface area contributed by atoms with Crippen LogP contribution in [0.4, 0.5) is 0 Å². The summed E-state index contributed by atoms with van der Waals surface area (Å²) in [5.41, 5.74) is 0.729. The molecule has 1 aromatic rings. The maximum Gasteiger partial charge on any atom is 0.254 e. The van der Waals surface area contributed by atoms with E-state index in [-0.39, 0.29) is 17.4 Å². The zero-order valence-electron chi connectivity index (χ0n) is 10.7. The van der Waals surface area contributed by atoms with Gasteiger partial charge in [-0.1, -0.05) is 0 Å². The number of methoxy groups -OCH3 is 1. The second kappa shape index (κ2) is 5.25. The smallest absolute Gasteiger partial charge is 0.254 e. The Morgan fingerprint density at radius 1 is 1.50 bits per heavy atom. The lowest BCUT2D eigenvalue weighted by molar-refractivity contribution is -0.122. The van der Waals surface area contributed by atoms with Gasteiger partial charge in [0.1, 0.15) is 5.75 Å². The van der Waals surface area contributed by atoms with Crippen molar-refractivity contribution >= 4 is 5.91 Å². The molecule has 1 amide bonds. The highest BCUT2D eigenvalue weighted by Gasteiger charge is 2.29. The molecule has 0 atom stereocenters. The SMILES string of the molecule is COc1cc(C)n(CCNC(=O)C2CC2)c(=O)c1. The van der Waals surface area contributed by atoms with Crippen LogP contribution in [0, 0.1) is 12.8 Å². The van der Waals surface area contributed by atoms with Gasteiger partial charge in [-0.3, -0.25) is 9.59 Å². The molecule has 0 aromatic carbocycles. The third kappa shape index (κ3) is 2.91. The van der Waals surface area contributed by atoms with Crippen molar-refractivity contribution in [3.8, 4) is 5.75 Å². The molecule has 1 saturated carbocycles. The monoisotopic (exact) mass is 250 g/mol. The summed E-state index contributed by atoms with van der Waals surface area (Å²) in [6.45, 7) is 2.84. The number of carbonyl (C=O) groups excluding carboxylic acids is 1. The molecule has 1 heterocycles. The van der Waals surface area contributed by atoms with Crippen LogP contribution < -0.4 is 15.6 Å². The fourth-order valence-electron chi connectivity index (χ4n) is 1.88. The summed E-state index contributed by atoms with van der Waals surface area (Å²) in [6, 6.07) is 3.26. The molecule has 98 valence electrons. The van der Waals surface area contributed by atoms with Crippen molar-refractivity contribution in [1.82, 2.24) is 9.88 Å². The molecule has 0 radical (unpaired) electrons. The Balaban J connectivity index is 1.96. The minimum atomic E-state index is -0.104. The fraction of sp³-hybridized carbons (Fsp3) is 0.538. The number of rotatable bonds is 5. The molecule has 1 fully saturated rings. The Hall–Kier alpha value is -1.78. The van der Waals surface area contributed by atoms with E-state index in [4.69, 9.17) is 4.74 Å². The predicted octanol–water partition coefficient (Wildman–Crippen LogP) is 0.692. The highest BCUT2D eigenvalue weighted by molar-refractivity contribution is 5.80. The summed E-state index contributed by atoms with van der Waals surface area (Å²) in [4.78, 5) is 23.3. The molecule has 2 rings (SSSR count). The van der Waals surface area contributed by atoms with Gasteiger partial charge in [0.2, 0.25) is 5.91 Å². The Kier molecular flexibility index (Phi) is 3.69. The number of carbonyl (C=O) groups is 1. The van der Waals surface area contributed by atoms with Crippen molar-refractivity contribution in [1.29, 1.82) is 0 Å². The summed E-state index contributed by atoms with van der Waals surface area (Å²) in [5, 5.41) is 2.85. The van der Waals surface area contributed by atoms with E-state index in [0.717, 1.165) is 18.5 Å². The number of aromatic nitrogens is 1. The van der Waals surface area contributed by atoms with E-state index in [1.54, 1.807) is 4.57 Å². The van der Waals surface area contributed by atoms with E-state index in [0.29, 0.717) is 18.8 Å². The van der Waals surface area contributed by atoms with Crippen LogP contribution in [0.15, 0.2) is 16.9 Å². The van der Waals surface area contributed by atoms with E-state index < -0.39 is 0 Å². The van der Waals surface area contributed by atoms with Crippen molar-refractivity contribution in [3.05, 3.63) is 28.2 Å². The molecule has 1 aromatic heterocycles. The van der Waals surface area contributed by atoms with E-state index in [1.165, 1.54) is 13.2 Å². The number of ether oxygens (including phenoxy) is 1. The van der Waals surface area contributed by atoms with Gasteiger partial charge in [-0.2, -0.15) is 0 Å². The number of hydrogen-bond acceptors (Lipinski definition) is 3. The van der Waals surface area contributed by atoms with E-state index in [2.05, 4.69) is 5.32 Å². The first-order valence-corrected chi connectivity index (χ1v) is 6.15. The fourth-order valence-corrected chi connectivity index (χ4v) is 1.88. The Labute approximate surface area is 106 Å².